The summed E-state index contributed by atoms with van der Waals surface area (Å²) in [5.74, 6) is 1.72. The maximum Gasteiger partial charge on any atom is 0.137 e. The molecule has 0 aliphatic carbocycles. The monoisotopic (exact) mass is 294 g/mol. The summed E-state index contributed by atoms with van der Waals surface area (Å²) >= 11 is 5.17. The summed E-state index contributed by atoms with van der Waals surface area (Å²) in [6.45, 7) is 0.594. The van der Waals surface area contributed by atoms with Gasteiger partial charge in [-0.15, -0.1) is 0 Å². The predicted molar refractivity (Wildman–Crippen MR) is 79.2 cm³/mol. The van der Waals surface area contributed by atoms with Crippen LogP contribution in [0.5, 0.6) is 5.75 Å². The minimum absolute atomic E-state index is 0.594. The number of thiol groups is 1. The van der Waals surface area contributed by atoms with Crippen LogP contribution in [0.25, 0.3) is 0 Å². The van der Waals surface area contributed by atoms with Gasteiger partial charge in [0.15, 0.2) is 0 Å². The van der Waals surface area contributed by atoms with E-state index in [4.69, 9.17) is 8.37 Å². The third-order valence-corrected chi connectivity index (χ3v) is 4.24. The molecule has 16 heavy (non-hydrogen) atoms. The van der Waals surface area contributed by atoms with Crippen LogP contribution in [0.3, 0.4) is 0 Å². The summed E-state index contributed by atoms with van der Waals surface area (Å²) in [5.41, 5.74) is 2.44. The average Bonchev–Trinajstić information content (AvgIpc) is 2.34. The lowest BCUT2D eigenvalue weighted by atomic mass is 10.1. The van der Waals surface area contributed by atoms with Crippen molar-refractivity contribution in [2.24, 2.45) is 0 Å². The Morgan fingerprint density at radius 1 is 1.25 bits per heavy atom. The molecule has 0 unspecified atom stereocenters. The Balaban J connectivity index is 2.78. The van der Waals surface area contributed by atoms with Crippen molar-refractivity contribution >= 4 is 46.5 Å². The first-order chi connectivity index (χ1) is 7.81. The van der Waals surface area contributed by atoms with Gasteiger partial charge >= 0.3 is 0 Å². The first kappa shape index (κ1) is 14.4. The molecule has 1 rings (SSSR count). The number of hydrogen-bond acceptors (Lipinski definition) is 6. The largest absolute Gasteiger partial charge is 0.429 e. The lowest BCUT2D eigenvalue weighted by Crippen LogP contribution is -1.94. The molecular formula is C10H14O2S4. The summed E-state index contributed by atoms with van der Waals surface area (Å²) in [4.78, 5) is 0. The zero-order valence-electron chi connectivity index (χ0n) is 9.13. The standard InChI is InChI=1S/C10H14O2S4/c1-14-11-6-9-5-10(12-13)4-3-8(9)7-16-15-2/h3-5,13H,6-7H2,1-2H3. The number of rotatable bonds is 7. The minimum atomic E-state index is 0.594. The Labute approximate surface area is 114 Å². The first-order valence-corrected chi connectivity index (χ1v) is 8.80. The molecule has 1 aromatic carbocycles. The summed E-state index contributed by atoms with van der Waals surface area (Å²) in [6, 6.07) is 5.96. The van der Waals surface area contributed by atoms with Crippen LogP contribution in [0.15, 0.2) is 18.2 Å². The fraction of sp³-hybridized carbons (Fsp3) is 0.400. The molecule has 0 saturated carbocycles. The topological polar surface area (TPSA) is 18.5 Å². The molecule has 0 aromatic heterocycles. The third-order valence-electron chi connectivity index (χ3n) is 1.95. The van der Waals surface area contributed by atoms with Crippen LogP contribution < -0.4 is 4.18 Å². The van der Waals surface area contributed by atoms with E-state index in [1.165, 1.54) is 17.6 Å². The highest BCUT2D eigenvalue weighted by molar-refractivity contribution is 8.76. The van der Waals surface area contributed by atoms with E-state index in [2.05, 4.69) is 25.2 Å². The maximum atomic E-state index is 5.36. The van der Waals surface area contributed by atoms with E-state index in [0.717, 1.165) is 17.1 Å². The van der Waals surface area contributed by atoms with Gasteiger partial charge in [0.1, 0.15) is 5.75 Å². The molecule has 0 fully saturated rings. The molecule has 0 aliphatic rings. The van der Waals surface area contributed by atoms with Gasteiger partial charge in [-0.25, -0.2) is 0 Å². The van der Waals surface area contributed by atoms with Crippen LogP contribution in [0.4, 0.5) is 0 Å². The van der Waals surface area contributed by atoms with Gasteiger partial charge < -0.3 is 8.37 Å². The smallest absolute Gasteiger partial charge is 0.137 e. The molecule has 0 bridgehead atoms. The number of benzene rings is 1. The van der Waals surface area contributed by atoms with Crippen LogP contribution >= 0.6 is 46.5 Å². The predicted octanol–water partition coefficient (Wildman–Crippen LogP) is 4.22. The van der Waals surface area contributed by atoms with Gasteiger partial charge in [0.25, 0.3) is 0 Å². The summed E-state index contributed by atoms with van der Waals surface area (Å²) in [6.07, 6.45) is 3.99. The first-order valence-electron chi connectivity index (χ1n) is 4.56. The van der Waals surface area contributed by atoms with E-state index < -0.39 is 0 Å². The summed E-state index contributed by atoms with van der Waals surface area (Å²) in [7, 11) is 3.58. The lowest BCUT2D eigenvalue weighted by Gasteiger charge is -2.09. The third kappa shape index (κ3) is 4.71. The average molecular weight is 294 g/mol. The van der Waals surface area contributed by atoms with Crippen LogP contribution in [-0.4, -0.2) is 12.5 Å². The van der Waals surface area contributed by atoms with E-state index in [-0.39, 0.29) is 0 Å². The normalized spacial score (nSPS) is 10.4. The summed E-state index contributed by atoms with van der Waals surface area (Å²) in [5, 5.41) is 0. The van der Waals surface area contributed by atoms with E-state index in [1.807, 2.05) is 29.2 Å². The van der Waals surface area contributed by atoms with Crippen molar-refractivity contribution in [2.45, 2.75) is 12.4 Å². The molecule has 0 saturated heterocycles. The van der Waals surface area contributed by atoms with Crippen molar-refractivity contribution in [1.29, 1.82) is 0 Å². The van der Waals surface area contributed by atoms with Crippen LogP contribution in [0.1, 0.15) is 11.1 Å². The zero-order valence-corrected chi connectivity index (χ0v) is 12.5. The fourth-order valence-electron chi connectivity index (χ4n) is 1.18. The molecule has 6 heteroatoms. The molecule has 1 aromatic rings. The van der Waals surface area contributed by atoms with Gasteiger partial charge in [-0.2, -0.15) is 0 Å². The van der Waals surface area contributed by atoms with Crippen molar-refractivity contribution in [3.63, 3.8) is 0 Å². The molecule has 0 aliphatic heterocycles. The molecule has 0 heterocycles. The molecular weight excluding hydrogens is 280 g/mol. The Morgan fingerprint density at radius 3 is 2.69 bits per heavy atom. The van der Waals surface area contributed by atoms with E-state index in [0.29, 0.717) is 6.61 Å². The lowest BCUT2D eigenvalue weighted by molar-refractivity contribution is 0.364. The molecule has 0 N–H and O–H groups in total. The second-order valence-corrected chi connectivity index (χ2v) is 6.20. The van der Waals surface area contributed by atoms with E-state index in [1.54, 1.807) is 10.8 Å². The van der Waals surface area contributed by atoms with Gasteiger partial charge in [-0.1, -0.05) is 27.7 Å². The highest BCUT2D eigenvalue weighted by Gasteiger charge is 2.05. The molecule has 0 amide bonds. The minimum Gasteiger partial charge on any atom is -0.429 e. The molecule has 2 nitrogen and oxygen atoms in total. The highest BCUT2D eigenvalue weighted by Crippen LogP contribution is 2.28. The SMILES string of the molecule is CSOCc1cc(OS)ccc1CSSC. The van der Waals surface area contributed by atoms with Crippen LogP contribution in [0, 0.1) is 0 Å². The van der Waals surface area contributed by atoms with Crippen molar-refractivity contribution < 1.29 is 8.37 Å². The Bertz CT molecular complexity index is 320. The Kier molecular flexibility index (Phi) is 7.64. The quantitative estimate of drug-likeness (QED) is 0.460. The maximum absolute atomic E-state index is 5.36. The van der Waals surface area contributed by atoms with Gasteiger partial charge in [0.05, 0.1) is 6.61 Å². The summed E-state index contributed by atoms with van der Waals surface area (Å²) < 4.78 is 10.3. The van der Waals surface area contributed by atoms with Gasteiger partial charge in [-0.05, 0) is 41.6 Å². The van der Waals surface area contributed by atoms with Crippen molar-refractivity contribution in [3.8, 4) is 5.75 Å². The van der Waals surface area contributed by atoms with Crippen LogP contribution in [0.2, 0.25) is 0 Å². The molecule has 0 atom stereocenters. The second kappa shape index (κ2) is 8.47. The van der Waals surface area contributed by atoms with E-state index in [9.17, 15) is 0 Å². The molecule has 90 valence electrons. The molecule has 0 spiro atoms. The van der Waals surface area contributed by atoms with Crippen molar-refractivity contribution in [2.75, 3.05) is 12.5 Å². The van der Waals surface area contributed by atoms with Crippen molar-refractivity contribution in [1.82, 2.24) is 0 Å². The molecule has 0 radical (unpaired) electrons. The Hall–Kier alpha value is 0.380. The fourth-order valence-corrected chi connectivity index (χ4v) is 2.80. The van der Waals surface area contributed by atoms with Crippen molar-refractivity contribution in [3.05, 3.63) is 29.3 Å². The van der Waals surface area contributed by atoms with Gasteiger partial charge in [0.2, 0.25) is 0 Å². The van der Waals surface area contributed by atoms with E-state index >= 15 is 0 Å². The van der Waals surface area contributed by atoms with Gasteiger partial charge in [0, 0.05) is 24.9 Å². The van der Waals surface area contributed by atoms with Gasteiger partial charge in [-0.3, -0.25) is 0 Å². The van der Waals surface area contributed by atoms with Crippen LogP contribution in [-0.2, 0) is 16.5 Å². The zero-order chi connectivity index (χ0) is 11.8. The Morgan fingerprint density at radius 2 is 2.06 bits per heavy atom. The second-order valence-electron chi connectivity index (χ2n) is 2.88. The highest BCUT2D eigenvalue weighted by atomic mass is 33.1. The number of hydrogen-bond donors (Lipinski definition) is 1.